The number of hydrogen-bond acceptors (Lipinski definition) is 2. The lowest BCUT2D eigenvalue weighted by Crippen LogP contribution is -2.43. The van der Waals surface area contributed by atoms with Crippen LogP contribution in [0.25, 0.3) is 10.9 Å². The highest BCUT2D eigenvalue weighted by atomic mass is 32.2. The maximum atomic E-state index is 4.34. The Labute approximate surface area is 148 Å². The van der Waals surface area contributed by atoms with Crippen molar-refractivity contribution in [2.75, 3.05) is 25.9 Å². The van der Waals surface area contributed by atoms with Crippen LogP contribution >= 0.6 is 11.8 Å². The number of thioether (sulfide) groups is 1. The molecule has 0 bridgehead atoms. The van der Waals surface area contributed by atoms with Crippen LogP contribution in [0.2, 0.25) is 0 Å². The molecular weight excluding hydrogens is 316 g/mol. The minimum Gasteiger partial charge on any atom is -0.361 e. The Morgan fingerprint density at radius 1 is 1.33 bits per heavy atom. The van der Waals surface area contributed by atoms with Gasteiger partial charge in [0.05, 0.1) is 0 Å². The van der Waals surface area contributed by atoms with Gasteiger partial charge < -0.3 is 15.6 Å². The van der Waals surface area contributed by atoms with Gasteiger partial charge in [-0.15, -0.1) is 0 Å². The quantitative estimate of drug-likeness (QED) is 0.427. The summed E-state index contributed by atoms with van der Waals surface area (Å²) in [5.74, 6) is 2.21. The zero-order chi connectivity index (χ0) is 16.8. The average molecular weight is 345 g/mol. The van der Waals surface area contributed by atoms with Crippen molar-refractivity contribution in [1.29, 1.82) is 0 Å². The fourth-order valence-electron chi connectivity index (χ4n) is 3.29. The van der Waals surface area contributed by atoms with E-state index in [2.05, 4.69) is 69.8 Å². The van der Waals surface area contributed by atoms with Gasteiger partial charge in [-0.1, -0.05) is 18.2 Å². The minimum absolute atomic E-state index is 0.363. The van der Waals surface area contributed by atoms with Crippen molar-refractivity contribution in [2.45, 2.75) is 37.4 Å². The second-order valence-electron chi connectivity index (χ2n) is 6.72. The SMILES string of the molecule is CN=C(NCCCc1c[nH]c2ccccc12)NCC1(C)CCCS1. The Morgan fingerprint density at radius 2 is 2.21 bits per heavy atom. The summed E-state index contributed by atoms with van der Waals surface area (Å²) in [6, 6.07) is 8.49. The fraction of sp³-hybridized carbons (Fsp3) is 0.526. The van der Waals surface area contributed by atoms with Gasteiger partial charge in [-0.05, 0) is 50.0 Å². The summed E-state index contributed by atoms with van der Waals surface area (Å²) >= 11 is 2.08. The highest BCUT2D eigenvalue weighted by molar-refractivity contribution is 8.00. The lowest BCUT2D eigenvalue weighted by atomic mass is 10.1. The van der Waals surface area contributed by atoms with Crippen LogP contribution in [0.3, 0.4) is 0 Å². The topological polar surface area (TPSA) is 52.2 Å². The monoisotopic (exact) mass is 344 g/mol. The van der Waals surface area contributed by atoms with E-state index in [9.17, 15) is 0 Å². The maximum absolute atomic E-state index is 4.34. The Kier molecular flexibility index (Phi) is 5.72. The lowest BCUT2D eigenvalue weighted by molar-refractivity contribution is 0.583. The van der Waals surface area contributed by atoms with E-state index in [4.69, 9.17) is 0 Å². The molecule has 1 saturated heterocycles. The highest BCUT2D eigenvalue weighted by Gasteiger charge is 2.29. The van der Waals surface area contributed by atoms with E-state index < -0.39 is 0 Å². The number of aliphatic imine (C=N–C) groups is 1. The van der Waals surface area contributed by atoms with E-state index in [1.807, 2.05) is 7.05 Å². The largest absolute Gasteiger partial charge is 0.361 e. The number of H-pyrrole nitrogens is 1. The smallest absolute Gasteiger partial charge is 0.191 e. The zero-order valence-corrected chi connectivity index (χ0v) is 15.5. The summed E-state index contributed by atoms with van der Waals surface area (Å²) in [4.78, 5) is 7.69. The van der Waals surface area contributed by atoms with Crippen LogP contribution in [0, 0.1) is 0 Å². The molecule has 130 valence electrons. The summed E-state index contributed by atoms with van der Waals surface area (Å²) < 4.78 is 0.363. The normalized spacial score (nSPS) is 21.3. The molecular formula is C19H28N4S. The molecule has 0 radical (unpaired) electrons. The van der Waals surface area contributed by atoms with Crippen molar-refractivity contribution in [1.82, 2.24) is 15.6 Å². The van der Waals surface area contributed by atoms with Gasteiger partial charge in [0.1, 0.15) is 0 Å². The van der Waals surface area contributed by atoms with Gasteiger partial charge in [0.15, 0.2) is 5.96 Å². The van der Waals surface area contributed by atoms with Gasteiger partial charge in [0.25, 0.3) is 0 Å². The Hall–Kier alpha value is -1.62. The van der Waals surface area contributed by atoms with Crippen LogP contribution in [-0.4, -0.2) is 41.6 Å². The summed E-state index contributed by atoms with van der Waals surface area (Å²) in [5.41, 5.74) is 2.62. The van der Waals surface area contributed by atoms with Gasteiger partial charge in [-0.2, -0.15) is 11.8 Å². The van der Waals surface area contributed by atoms with Gasteiger partial charge in [0.2, 0.25) is 0 Å². The van der Waals surface area contributed by atoms with Crippen molar-refractivity contribution >= 4 is 28.6 Å². The number of aryl methyl sites for hydroxylation is 1. The Morgan fingerprint density at radius 3 is 3.00 bits per heavy atom. The van der Waals surface area contributed by atoms with E-state index in [-0.39, 0.29) is 0 Å². The molecule has 0 aliphatic carbocycles. The molecule has 1 unspecified atom stereocenters. The minimum atomic E-state index is 0.363. The number of rotatable bonds is 6. The first-order valence-corrected chi connectivity index (χ1v) is 9.82. The molecule has 2 heterocycles. The second-order valence-corrected chi connectivity index (χ2v) is 8.40. The van der Waals surface area contributed by atoms with E-state index in [0.717, 1.165) is 31.9 Å². The van der Waals surface area contributed by atoms with E-state index in [1.54, 1.807) is 0 Å². The van der Waals surface area contributed by atoms with Crippen molar-refractivity contribution < 1.29 is 0 Å². The molecule has 3 rings (SSSR count). The predicted molar refractivity (Wildman–Crippen MR) is 106 cm³/mol. The second kappa shape index (κ2) is 7.97. The number of nitrogens with one attached hydrogen (secondary N) is 3. The molecule has 4 nitrogen and oxygen atoms in total. The van der Waals surface area contributed by atoms with Crippen LogP contribution in [0.4, 0.5) is 0 Å². The third-order valence-electron chi connectivity index (χ3n) is 4.74. The van der Waals surface area contributed by atoms with E-state index in [0.29, 0.717) is 4.75 Å². The number of nitrogens with zero attached hydrogens (tertiary/aromatic N) is 1. The lowest BCUT2D eigenvalue weighted by Gasteiger charge is -2.24. The van der Waals surface area contributed by atoms with Crippen LogP contribution in [0.15, 0.2) is 35.5 Å². The third kappa shape index (κ3) is 4.26. The molecule has 1 aliphatic heterocycles. The first-order valence-electron chi connectivity index (χ1n) is 8.84. The number of aromatic nitrogens is 1. The van der Waals surface area contributed by atoms with Crippen LogP contribution < -0.4 is 10.6 Å². The van der Waals surface area contributed by atoms with Crippen LogP contribution in [0.5, 0.6) is 0 Å². The van der Waals surface area contributed by atoms with Crippen LogP contribution in [0.1, 0.15) is 31.7 Å². The molecule has 3 N–H and O–H groups in total. The first kappa shape index (κ1) is 17.2. The molecule has 0 spiro atoms. The Bertz CT molecular complexity index is 685. The van der Waals surface area contributed by atoms with Gasteiger partial charge in [-0.25, -0.2) is 0 Å². The molecule has 0 amide bonds. The molecule has 0 saturated carbocycles. The fourth-order valence-corrected chi connectivity index (χ4v) is 4.54. The molecule has 1 aliphatic rings. The van der Waals surface area contributed by atoms with Crippen LogP contribution in [-0.2, 0) is 6.42 Å². The molecule has 1 aromatic carbocycles. The third-order valence-corrected chi connectivity index (χ3v) is 6.28. The number of benzene rings is 1. The number of para-hydroxylation sites is 1. The molecule has 2 aromatic rings. The standard InChI is InChI=1S/C19H28N4S/c1-19(10-6-12-24-19)14-23-18(20-2)21-11-5-7-15-13-22-17-9-4-3-8-16(15)17/h3-4,8-9,13,22H,5-7,10-12,14H2,1-2H3,(H2,20,21,23). The number of aromatic amines is 1. The molecule has 1 fully saturated rings. The van der Waals surface area contributed by atoms with Gasteiger partial charge in [0, 0.05) is 42.0 Å². The zero-order valence-electron chi connectivity index (χ0n) is 14.7. The summed E-state index contributed by atoms with van der Waals surface area (Å²) in [6.07, 6.45) is 6.92. The van der Waals surface area contributed by atoms with Crippen molar-refractivity contribution in [3.8, 4) is 0 Å². The molecule has 24 heavy (non-hydrogen) atoms. The van der Waals surface area contributed by atoms with Crippen molar-refractivity contribution in [3.63, 3.8) is 0 Å². The number of guanidine groups is 1. The maximum Gasteiger partial charge on any atom is 0.191 e. The summed E-state index contributed by atoms with van der Waals surface area (Å²) in [5, 5.41) is 8.27. The molecule has 5 heteroatoms. The van der Waals surface area contributed by atoms with E-state index >= 15 is 0 Å². The average Bonchev–Trinajstić information content (AvgIpc) is 3.21. The van der Waals surface area contributed by atoms with Crippen molar-refractivity contribution in [3.05, 3.63) is 36.0 Å². The Balaban J connectivity index is 1.41. The first-order chi connectivity index (χ1) is 11.7. The van der Waals surface area contributed by atoms with Crippen molar-refractivity contribution in [2.24, 2.45) is 4.99 Å². The van der Waals surface area contributed by atoms with Gasteiger partial charge in [-0.3, -0.25) is 4.99 Å². The summed E-state index contributed by atoms with van der Waals surface area (Å²) in [7, 11) is 1.85. The number of fused-ring (bicyclic) bond motifs is 1. The number of hydrogen-bond donors (Lipinski definition) is 3. The predicted octanol–water partition coefficient (Wildman–Crippen LogP) is 3.55. The summed E-state index contributed by atoms with van der Waals surface area (Å²) in [6.45, 7) is 4.27. The van der Waals surface area contributed by atoms with E-state index in [1.165, 1.54) is 35.1 Å². The molecule has 1 atom stereocenters. The van der Waals surface area contributed by atoms with Gasteiger partial charge >= 0.3 is 0 Å². The highest BCUT2D eigenvalue weighted by Crippen LogP contribution is 2.36. The molecule has 1 aromatic heterocycles.